The summed E-state index contributed by atoms with van der Waals surface area (Å²) in [7, 11) is 0. The molecule has 34 heavy (non-hydrogen) atoms. The van der Waals surface area contributed by atoms with E-state index in [1.54, 1.807) is 30.3 Å². The van der Waals surface area contributed by atoms with Crippen LogP contribution in [0.4, 0.5) is 11.4 Å². The largest absolute Gasteiger partial charge is 0.451 e. The number of anilines is 1. The number of carbonyl (C=O) groups excluding carboxylic acids is 1. The molecular weight excluding hydrogens is 434 g/mol. The van der Waals surface area contributed by atoms with Crippen molar-refractivity contribution in [2.45, 2.75) is 13.3 Å². The van der Waals surface area contributed by atoms with E-state index in [9.17, 15) is 14.9 Å². The molecule has 8 heteroatoms. The summed E-state index contributed by atoms with van der Waals surface area (Å²) in [6, 6.07) is 22.3. The molecule has 0 aliphatic rings. The molecule has 5 aromatic rings. The smallest absolute Gasteiger partial charge is 0.291 e. The third-order valence-electron chi connectivity index (χ3n) is 5.42. The summed E-state index contributed by atoms with van der Waals surface area (Å²) in [6.07, 6.45) is 0.926. The lowest BCUT2D eigenvalue weighted by atomic mass is 10.1. The molecule has 0 saturated heterocycles. The van der Waals surface area contributed by atoms with E-state index in [1.807, 2.05) is 30.3 Å². The molecule has 2 aromatic heterocycles. The topological polar surface area (TPSA) is 111 Å². The van der Waals surface area contributed by atoms with Gasteiger partial charge < -0.3 is 14.2 Å². The fourth-order valence-corrected chi connectivity index (χ4v) is 3.59. The van der Waals surface area contributed by atoms with Crippen LogP contribution in [0.5, 0.6) is 0 Å². The quantitative estimate of drug-likeness (QED) is 0.233. The highest BCUT2D eigenvalue weighted by atomic mass is 16.6. The van der Waals surface area contributed by atoms with Gasteiger partial charge in [-0.3, -0.25) is 14.9 Å². The molecule has 2 heterocycles. The van der Waals surface area contributed by atoms with E-state index in [2.05, 4.69) is 17.2 Å². The Hall–Kier alpha value is -4.72. The number of amides is 1. The van der Waals surface area contributed by atoms with Crippen molar-refractivity contribution in [1.82, 2.24) is 4.98 Å². The first kappa shape index (κ1) is 21.1. The molecule has 0 spiro atoms. The minimum atomic E-state index is -0.479. The molecule has 168 valence electrons. The zero-order valence-corrected chi connectivity index (χ0v) is 18.1. The minimum Gasteiger partial charge on any atom is -0.451 e. The number of non-ortho nitro benzene ring substituents is 1. The predicted octanol–water partition coefficient (Wildman–Crippen LogP) is 6.48. The van der Waals surface area contributed by atoms with Gasteiger partial charge in [0.1, 0.15) is 11.3 Å². The molecule has 0 aliphatic heterocycles. The monoisotopic (exact) mass is 453 g/mol. The predicted molar refractivity (Wildman–Crippen MR) is 128 cm³/mol. The van der Waals surface area contributed by atoms with Crippen molar-refractivity contribution in [3.8, 4) is 22.8 Å². The van der Waals surface area contributed by atoms with Crippen LogP contribution in [0.2, 0.25) is 0 Å². The number of rotatable bonds is 6. The van der Waals surface area contributed by atoms with Crippen molar-refractivity contribution in [2.75, 3.05) is 5.32 Å². The highest BCUT2D eigenvalue weighted by Crippen LogP contribution is 2.28. The van der Waals surface area contributed by atoms with Crippen LogP contribution in [0.25, 0.3) is 33.9 Å². The van der Waals surface area contributed by atoms with Gasteiger partial charge >= 0.3 is 0 Å². The summed E-state index contributed by atoms with van der Waals surface area (Å²) < 4.78 is 11.5. The summed E-state index contributed by atoms with van der Waals surface area (Å²) in [4.78, 5) is 27.7. The summed E-state index contributed by atoms with van der Waals surface area (Å²) in [5.74, 6) is 0.537. The Morgan fingerprint density at radius 1 is 0.971 bits per heavy atom. The van der Waals surface area contributed by atoms with Gasteiger partial charge in [0.15, 0.2) is 11.3 Å². The molecule has 0 radical (unpaired) electrons. The Bertz CT molecular complexity index is 1520. The molecule has 0 fully saturated rings. The second-order valence-corrected chi connectivity index (χ2v) is 7.68. The number of aromatic nitrogens is 1. The van der Waals surface area contributed by atoms with E-state index in [-0.39, 0.29) is 11.4 Å². The number of nitro groups is 1. The van der Waals surface area contributed by atoms with Gasteiger partial charge in [-0.15, -0.1) is 0 Å². The van der Waals surface area contributed by atoms with Gasteiger partial charge in [-0.25, -0.2) is 4.98 Å². The van der Waals surface area contributed by atoms with Crippen LogP contribution in [0, 0.1) is 10.1 Å². The van der Waals surface area contributed by atoms with Crippen molar-refractivity contribution in [3.63, 3.8) is 0 Å². The number of nitrogens with zero attached hydrogens (tertiary/aromatic N) is 2. The van der Waals surface area contributed by atoms with E-state index < -0.39 is 10.8 Å². The average molecular weight is 453 g/mol. The van der Waals surface area contributed by atoms with Crippen LogP contribution in [0.3, 0.4) is 0 Å². The molecular formula is C26H19N3O5. The standard InChI is InChI=1S/C26H19N3O5/c1-2-16-6-11-23-21(14-16)28-26(34-23)17-7-9-19(10-8-17)27-25(30)24-13-12-22(33-24)18-4-3-5-20(15-18)29(31)32/h3-15H,2H2,1H3,(H,27,30). The molecule has 8 nitrogen and oxygen atoms in total. The molecule has 0 unspecified atom stereocenters. The van der Waals surface area contributed by atoms with Crippen molar-refractivity contribution < 1.29 is 18.6 Å². The summed E-state index contributed by atoms with van der Waals surface area (Å²) in [6.45, 7) is 2.09. The highest BCUT2D eigenvalue weighted by Gasteiger charge is 2.15. The fourth-order valence-electron chi connectivity index (χ4n) is 3.59. The van der Waals surface area contributed by atoms with Crippen LogP contribution in [0.15, 0.2) is 87.7 Å². The molecule has 5 rings (SSSR count). The lowest BCUT2D eigenvalue weighted by molar-refractivity contribution is -0.384. The number of aryl methyl sites for hydroxylation is 1. The van der Waals surface area contributed by atoms with Gasteiger partial charge in [0, 0.05) is 28.9 Å². The Morgan fingerprint density at radius 2 is 1.79 bits per heavy atom. The van der Waals surface area contributed by atoms with E-state index in [1.165, 1.54) is 23.8 Å². The fraction of sp³-hybridized carbons (Fsp3) is 0.0769. The lowest BCUT2D eigenvalue weighted by Gasteiger charge is -2.04. The van der Waals surface area contributed by atoms with Gasteiger partial charge in [0.2, 0.25) is 5.89 Å². The third-order valence-corrected chi connectivity index (χ3v) is 5.42. The number of carbonyl (C=O) groups is 1. The second kappa shape index (κ2) is 8.67. The number of hydrogen-bond donors (Lipinski definition) is 1. The Kier molecular flexibility index (Phi) is 5.39. The maximum Gasteiger partial charge on any atom is 0.291 e. The number of oxazole rings is 1. The third kappa shape index (κ3) is 4.16. The van der Waals surface area contributed by atoms with Crippen molar-refractivity contribution in [2.24, 2.45) is 0 Å². The lowest BCUT2D eigenvalue weighted by Crippen LogP contribution is -2.10. The normalized spacial score (nSPS) is 11.0. The summed E-state index contributed by atoms with van der Waals surface area (Å²) >= 11 is 0. The highest BCUT2D eigenvalue weighted by molar-refractivity contribution is 6.02. The first-order chi connectivity index (χ1) is 16.5. The van der Waals surface area contributed by atoms with E-state index in [0.29, 0.717) is 22.9 Å². The first-order valence-corrected chi connectivity index (χ1v) is 10.7. The Labute approximate surface area is 194 Å². The van der Waals surface area contributed by atoms with E-state index in [4.69, 9.17) is 8.83 Å². The molecule has 1 amide bonds. The minimum absolute atomic E-state index is 0.0512. The SMILES string of the molecule is CCc1ccc2oc(-c3ccc(NC(=O)c4ccc(-c5cccc([N+](=O)[O-])c5)o4)cc3)nc2c1. The molecule has 3 aromatic carbocycles. The summed E-state index contributed by atoms with van der Waals surface area (Å²) in [5, 5.41) is 13.8. The number of nitrogens with one attached hydrogen (secondary N) is 1. The average Bonchev–Trinajstić information content (AvgIpc) is 3.52. The maximum absolute atomic E-state index is 12.6. The number of hydrogen-bond acceptors (Lipinski definition) is 6. The Balaban J connectivity index is 1.30. The molecule has 1 N–H and O–H groups in total. The van der Waals surface area contributed by atoms with Crippen LogP contribution in [-0.2, 0) is 6.42 Å². The van der Waals surface area contributed by atoms with E-state index in [0.717, 1.165) is 23.1 Å². The van der Waals surface area contributed by atoms with Crippen molar-refractivity contribution in [1.29, 1.82) is 0 Å². The molecule has 0 saturated carbocycles. The molecule has 0 atom stereocenters. The van der Waals surface area contributed by atoms with Crippen LogP contribution < -0.4 is 5.32 Å². The van der Waals surface area contributed by atoms with Gasteiger partial charge in [-0.2, -0.15) is 0 Å². The van der Waals surface area contributed by atoms with Crippen molar-refractivity contribution >= 4 is 28.4 Å². The molecule has 0 aliphatic carbocycles. The van der Waals surface area contributed by atoms with Crippen LogP contribution >= 0.6 is 0 Å². The Morgan fingerprint density at radius 3 is 2.56 bits per heavy atom. The van der Waals surface area contributed by atoms with Crippen LogP contribution in [0.1, 0.15) is 23.0 Å². The number of furan rings is 1. The van der Waals surface area contributed by atoms with E-state index >= 15 is 0 Å². The van der Waals surface area contributed by atoms with Crippen LogP contribution in [-0.4, -0.2) is 15.8 Å². The first-order valence-electron chi connectivity index (χ1n) is 10.7. The maximum atomic E-state index is 12.6. The van der Waals surface area contributed by atoms with Crippen molar-refractivity contribution in [3.05, 3.63) is 100 Å². The zero-order valence-electron chi connectivity index (χ0n) is 18.1. The second-order valence-electron chi connectivity index (χ2n) is 7.68. The van der Waals surface area contributed by atoms with Gasteiger partial charge in [-0.05, 0) is 60.5 Å². The molecule has 0 bridgehead atoms. The number of nitro benzene ring substituents is 1. The van der Waals surface area contributed by atoms with Gasteiger partial charge in [-0.1, -0.05) is 25.1 Å². The number of fused-ring (bicyclic) bond motifs is 1. The van der Waals surface area contributed by atoms with Gasteiger partial charge in [0.05, 0.1) is 4.92 Å². The zero-order chi connectivity index (χ0) is 23.7. The number of benzene rings is 3. The summed E-state index contributed by atoms with van der Waals surface area (Å²) in [5.41, 5.74) is 4.56. The van der Waals surface area contributed by atoms with Gasteiger partial charge in [0.25, 0.3) is 11.6 Å².